The zero-order valence-electron chi connectivity index (χ0n) is 19.1. The first-order valence-electron chi connectivity index (χ1n) is 10.7. The van der Waals surface area contributed by atoms with Gasteiger partial charge in [-0.05, 0) is 65.5 Å². The number of aromatic nitrogens is 1. The van der Waals surface area contributed by atoms with Crippen LogP contribution in [-0.4, -0.2) is 65.2 Å². The summed E-state index contributed by atoms with van der Waals surface area (Å²) in [5.74, 6) is 1.42. The number of halogens is 1. The number of hydrogen-bond donors (Lipinski definition) is 1. The van der Waals surface area contributed by atoms with E-state index in [1.54, 1.807) is 6.20 Å². The van der Waals surface area contributed by atoms with Gasteiger partial charge in [-0.3, -0.25) is 4.98 Å². The van der Waals surface area contributed by atoms with E-state index in [1.165, 1.54) is 0 Å². The van der Waals surface area contributed by atoms with Gasteiger partial charge in [0.15, 0.2) is 5.96 Å². The summed E-state index contributed by atoms with van der Waals surface area (Å²) in [5.41, 5.74) is 0.507. The molecule has 7 nitrogen and oxygen atoms in total. The van der Waals surface area contributed by atoms with Gasteiger partial charge in [0.1, 0.15) is 5.60 Å². The minimum absolute atomic E-state index is 0. The van der Waals surface area contributed by atoms with Crippen LogP contribution < -0.4 is 5.32 Å². The van der Waals surface area contributed by atoms with Gasteiger partial charge in [0, 0.05) is 38.9 Å². The van der Waals surface area contributed by atoms with Crippen LogP contribution in [0.4, 0.5) is 4.79 Å². The van der Waals surface area contributed by atoms with Crippen LogP contribution in [0.25, 0.3) is 0 Å². The predicted molar refractivity (Wildman–Crippen MR) is 132 cm³/mol. The summed E-state index contributed by atoms with van der Waals surface area (Å²) in [5, 5.41) is 3.40. The van der Waals surface area contributed by atoms with E-state index in [-0.39, 0.29) is 30.1 Å². The maximum Gasteiger partial charge on any atom is 0.410 e. The van der Waals surface area contributed by atoms with Crippen LogP contribution in [0.2, 0.25) is 0 Å². The third-order valence-corrected chi connectivity index (χ3v) is 4.88. The van der Waals surface area contributed by atoms with Crippen molar-refractivity contribution in [1.29, 1.82) is 0 Å². The lowest BCUT2D eigenvalue weighted by atomic mass is 9.96. The van der Waals surface area contributed by atoms with Crippen LogP contribution in [-0.2, 0) is 11.3 Å². The zero-order valence-corrected chi connectivity index (χ0v) is 21.4. The SMILES string of the molecule is CCNC(=NCc1ccccn1)N1CCC(CN(CC)C(=O)OC(C)(C)C)CC1.I. The molecule has 0 aliphatic carbocycles. The summed E-state index contributed by atoms with van der Waals surface area (Å²) in [6.07, 6.45) is 3.65. The number of aliphatic imine (C=N–C) groups is 1. The molecule has 1 N–H and O–H groups in total. The largest absolute Gasteiger partial charge is 0.444 e. The predicted octanol–water partition coefficient (Wildman–Crippen LogP) is 4.13. The molecular weight excluding hydrogens is 493 g/mol. The van der Waals surface area contributed by atoms with Gasteiger partial charge in [-0.2, -0.15) is 0 Å². The fourth-order valence-electron chi connectivity index (χ4n) is 3.37. The lowest BCUT2D eigenvalue weighted by Crippen LogP contribution is -2.47. The third kappa shape index (κ3) is 9.06. The molecule has 1 aliphatic rings. The standard InChI is InChI=1S/C22H37N5O2.HI/c1-6-23-20(25-16-19-10-8-9-13-24-19)27-14-11-18(12-15-27)17-26(7-2)21(28)29-22(3,4)5;/h8-10,13,18H,6-7,11-12,14-17H2,1-5H3,(H,23,25);1H. The van der Waals surface area contributed by atoms with Crippen LogP contribution in [0.15, 0.2) is 29.4 Å². The van der Waals surface area contributed by atoms with Gasteiger partial charge in [0.25, 0.3) is 0 Å². The third-order valence-electron chi connectivity index (χ3n) is 4.88. The van der Waals surface area contributed by atoms with E-state index in [0.717, 1.165) is 50.7 Å². The Morgan fingerprint density at radius 1 is 1.30 bits per heavy atom. The van der Waals surface area contributed by atoms with Crippen LogP contribution in [0.1, 0.15) is 53.2 Å². The molecule has 2 rings (SSSR count). The first-order valence-corrected chi connectivity index (χ1v) is 10.7. The number of carbonyl (C=O) groups is 1. The van der Waals surface area contributed by atoms with Crippen LogP contribution in [0.5, 0.6) is 0 Å². The van der Waals surface area contributed by atoms with Crippen molar-refractivity contribution in [2.75, 3.05) is 32.7 Å². The van der Waals surface area contributed by atoms with Crippen molar-refractivity contribution in [2.45, 2.75) is 59.6 Å². The van der Waals surface area contributed by atoms with Crippen molar-refractivity contribution in [2.24, 2.45) is 10.9 Å². The van der Waals surface area contributed by atoms with Crippen LogP contribution >= 0.6 is 24.0 Å². The lowest BCUT2D eigenvalue weighted by Gasteiger charge is -2.36. The smallest absolute Gasteiger partial charge is 0.410 e. The second kappa shape index (κ2) is 13.0. The maximum atomic E-state index is 12.4. The molecule has 1 amide bonds. The molecule has 0 saturated carbocycles. The van der Waals surface area contributed by atoms with Crippen molar-refractivity contribution in [3.8, 4) is 0 Å². The quantitative estimate of drug-likeness (QED) is 0.340. The van der Waals surface area contributed by atoms with Gasteiger partial charge in [-0.15, -0.1) is 24.0 Å². The molecule has 0 radical (unpaired) electrons. The minimum Gasteiger partial charge on any atom is -0.444 e. The molecule has 1 aromatic heterocycles. The molecule has 0 spiro atoms. The monoisotopic (exact) mass is 531 g/mol. The Labute approximate surface area is 198 Å². The lowest BCUT2D eigenvalue weighted by molar-refractivity contribution is 0.0214. The summed E-state index contributed by atoms with van der Waals surface area (Å²) >= 11 is 0. The Morgan fingerprint density at radius 3 is 2.53 bits per heavy atom. The second-order valence-corrected chi connectivity index (χ2v) is 8.44. The highest BCUT2D eigenvalue weighted by atomic mass is 127. The highest BCUT2D eigenvalue weighted by Gasteiger charge is 2.27. The Balaban J connectivity index is 0.00000450. The Kier molecular flexibility index (Phi) is 11.4. The second-order valence-electron chi connectivity index (χ2n) is 8.44. The normalized spacial score (nSPS) is 15.4. The highest BCUT2D eigenvalue weighted by Crippen LogP contribution is 2.20. The molecule has 1 fully saturated rings. The number of likely N-dealkylation sites (tertiary alicyclic amines) is 1. The van der Waals surface area contributed by atoms with E-state index in [9.17, 15) is 4.79 Å². The van der Waals surface area contributed by atoms with Gasteiger partial charge in [-0.25, -0.2) is 9.79 Å². The summed E-state index contributed by atoms with van der Waals surface area (Å²) < 4.78 is 5.54. The number of pyridine rings is 1. The van der Waals surface area contributed by atoms with Gasteiger partial charge in [0.05, 0.1) is 12.2 Å². The molecule has 170 valence electrons. The van der Waals surface area contributed by atoms with Crippen molar-refractivity contribution in [1.82, 2.24) is 20.1 Å². The van der Waals surface area contributed by atoms with Crippen molar-refractivity contribution in [3.05, 3.63) is 30.1 Å². The molecule has 8 heteroatoms. The van der Waals surface area contributed by atoms with Gasteiger partial charge in [-0.1, -0.05) is 6.07 Å². The molecule has 30 heavy (non-hydrogen) atoms. The number of hydrogen-bond acceptors (Lipinski definition) is 4. The number of amides is 1. The average molecular weight is 531 g/mol. The Hall–Kier alpha value is -1.58. The molecule has 1 aromatic rings. The van der Waals surface area contributed by atoms with Gasteiger partial charge in [0.2, 0.25) is 0 Å². The fourth-order valence-corrected chi connectivity index (χ4v) is 3.37. The molecule has 0 aromatic carbocycles. The topological polar surface area (TPSA) is 70.1 Å². The summed E-state index contributed by atoms with van der Waals surface area (Å²) in [7, 11) is 0. The summed E-state index contributed by atoms with van der Waals surface area (Å²) in [6, 6.07) is 5.90. The minimum atomic E-state index is -0.460. The molecule has 2 heterocycles. The number of carbonyl (C=O) groups excluding carboxylic acids is 1. The highest BCUT2D eigenvalue weighted by molar-refractivity contribution is 14.0. The zero-order chi connectivity index (χ0) is 21.3. The van der Waals surface area contributed by atoms with Crippen molar-refractivity contribution < 1.29 is 9.53 Å². The number of nitrogens with one attached hydrogen (secondary N) is 1. The molecular formula is C22H38IN5O2. The first kappa shape index (κ1) is 26.5. The number of rotatable bonds is 6. The van der Waals surface area contributed by atoms with E-state index in [0.29, 0.717) is 19.0 Å². The molecule has 0 bridgehead atoms. The fraction of sp³-hybridized carbons (Fsp3) is 0.682. The molecule has 1 saturated heterocycles. The van der Waals surface area contributed by atoms with E-state index < -0.39 is 5.60 Å². The summed E-state index contributed by atoms with van der Waals surface area (Å²) in [4.78, 5) is 25.6. The number of piperidine rings is 1. The number of nitrogens with zero attached hydrogens (tertiary/aromatic N) is 4. The van der Waals surface area contributed by atoms with Crippen LogP contribution in [0.3, 0.4) is 0 Å². The van der Waals surface area contributed by atoms with E-state index in [1.807, 2.05) is 50.8 Å². The molecule has 0 atom stereocenters. The van der Waals surface area contributed by atoms with Crippen molar-refractivity contribution in [3.63, 3.8) is 0 Å². The van der Waals surface area contributed by atoms with E-state index in [2.05, 4.69) is 22.1 Å². The Bertz CT molecular complexity index is 655. The number of ether oxygens (including phenoxy) is 1. The first-order chi connectivity index (χ1) is 13.8. The van der Waals surface area contributed by atoms with E-state index >= 15 is 0 Å². The van der Waals surface area contributed by atoms with Gasteiger partial charge < -0.3 is 19.9 Å². The molecule has 0 unspecified atom stereocenters. The van der Waals surface area contributed by atoms with Crippen molar-refractivity contribution >= 4 is 36.0 Å². The maximum absolute atomic E-state index is 12.4. The van der Waals surface area contributed by atoms with Crippen LogP contribution in [0, 0.1) is 5.92 Å². The Morgan fingerprint density at radius 2 is 2.00 bits per heavy atom. The van der Waals surface area contributed by atoms with E-state index in [4.69, 9.17) is 9.73 Å². The van der Waals surface area contributed by atoms with Gasteiger partial charge >= 0.3 is 6.09 Å². The summed E-state index contributed by atoms with van der Waals surface area (Å²) in [6.45, 7) is 14.5. The average Bonchev–Trinajstić information content (AvgIpc) is 2.69. The number of guanidine groups is 1. The molecule has 1 aliphatic heterocycles.